The topological polar surface area (TPSA) is 26.3 Å². The number of carbonyl (C=O) groups is 1. The van der Waals surface area contributed by atoms with Gasteiger partial charge in [0.15, 0.2) is 0 Å². The Labute approximate surface area is 102 Å². The highest BCUT2D eigenvalue weighted by molar-refractivity contribution is 5.83. The predicted octanol–water partition coefficient (Wildman–Crippen LogP) is 2.92. The fourth-order valence-corrected chi connectivity index (χ4v) is 2.52. The zero-order valence-corrected chi connectivity index (χ0v) is 10.1. The third-order valence-corrected chi connectivity index (χ3v) is 3.69. The molecule has 1 heterocycles. The standard InChI is InChI=1S/C15H18O2/c16-14(11-6-7-11)9-8-13-4-1-3-12-5-2-10-17-15(12)13/h1,3-4,11H,2,5-10H2. The van der Waals surface area contributed by atoms with Crippen LogP contribution < -0.4 is 4.74 Å². The number of rotatable bonds is 4. The van der Waals surface area contributed by atoms with Gasteiger partial charge in [-0.15, -0.1) is 0 Å². The Balaban J connectivity index is 1.71. The molecule has 1 aromatic carbocycles. The number of hydrogen-bond donors (Lipinski definition) is 0. The monoisotopic (exact) mass is 230 g/mol. The van der Waals surface area contributed by atoms with Crippen molar-refractivity contribution in [2.75, 3.05) is 6.61 Å². The molecular formula is C15H18O2. The quantitative estimate of drug-likeness (QED) is 0.795. The van der Waals surface area contributed by atoms with Gasteiger partial charge in [-0.2, -0.15) is 0 Å². The minimum Gasteiger partial charge on any atom is -0.493 e. The van der Waals surface area contributed by atoms with Crippen LogP contribution in [0.2, 0.25) is 0 Å². The molecule has 0 unspecified atom stereocenters. The Morgan fingerprint density at radius 1 is 1.35 bits per heavy atom. The molecule has 17 heavy (non-hydrogen) atoms. The third-order valence-electron chi connectivity index (χ3n) is 3.69. The van der Waals surface area contributed by atoms with E-state index in [9.17, 15) is 4.79 Å². The highest BCUT2D eigenvalue weighted by Gasteiger charge is 2.29. The molecule has 2 aliphatic rings. The maximum atomic E-state index is 11.7. The van der Waals surface area contributed by atoms with E-state index >= 15 is 0 Å². The first-order chi connectivity index (χ1) is 8.34. The van der Waals surface area contributed by atoms with Crippen LogP contribution >= 0.6 is 0 Å². The second-order valence-electron chi connectivity index (χ2n) is 5.10. The number of ketones is 1. The summed E-state index contributed by atoms with van der Waals surface area (Å²) in [5.41, 5.74) is 2.53. The van der Waals surface area contributed by atoms with Crippen LogP contribution in [0.15, 0.2) is 18.2 Å². The Bertz CT molecular complexity index is 433. The third kappa shape index (κ3) is 2.36. The molecule has 0 bridgehead atoms. The first-order valence-corrected chi connectivity index (χ1v) is 6.61. The van der Waals surface area contributed by atoms with E-state index in [4.69, 9.17) is 4.74 Å². The molecule has 0 amide bonds. The number of hydrogen-bond acceptors (Lipinski definition) is 2. The van der Waals surface area contributed by atoms with Crippen LogP contribution in [0.1, 0.15) is 36.8 Å². The van der Waals surface area contributed by atoms with Crippen molar-refractivity contribution in [3.63, 3.8) is 0 Å². The molecule has 0 saturated heterocycles. The van der Waals surface area contributed by atoms with Gasteiger partial charge in [0, 0.05) is 12.3 Å². The van der Waals surface area contributed by atoms with E-state index in [1.807, 2.05) is 0 Å². The van der Waals surface area contributed by atoms with Crippen LogP contribution in [0.5, 0.6) is 5.75 Å². The van der Waals surface area contributed by atoms with Crippen molar-refractivity contribution in [1.82, 2.24) is 0 Å². The van der Waals surface area contributed by atoms with Crippen LogP contribution in [0.4, 0.5) is 0 Å². The average molecular weight is 230 g/mol. The Hall–Kier alpha value is -1.31. The van der Waals surface area contributed by atoms with Crippen molar-refractivity contribution in [3.05, 3.63) is 29.3 Å². The second-order valence-corrected chi connectivity index (χ2v) is 5.10. The van der Waals surface area contributed by atoms with Gasteiger partial charge in [0.25, 0.3) is 0 Å². The van der Waals surface area contributed by atoms with E-state index in [0.29, 0.717) is 18.1 Å². The molecule has 3 rings (SSSR count). The summed E-state index contributed by atoms with van der Waals surface area (Å²) in [6, 6.07) is 6.33. The zero-order valence-electron chi connectivity index (χ0n) is 10.1. The fraction of sp³-hybridized carbons (Fsp3) is 0.533. The molecule has 90 valence electrons. The molecule has 1 fully saturated rings. The minimum atomic E-state index is 0.385. The molecule has 2 nitrogen and oxygen atoms in total. The Kier molecular flexibility index (Phi) is 2.87. The summed E-state index contributed by atoms with van der Waals surface area (Å²) in [6.45, 7) is 0.820. The lowest BCUT2D eigenvalue weighted by atomic mass is 9.98. The van der Waals surface area contributed by atoms with Crippen LogP contribution in [-0.2, 0) is 17.6 Å². The number of benzene rings is 1. The van der Waals surface area contributed by atoms with E-state index in [-0.39, 0.29) is 0 Å². The molecule has 0 N–H and O–H groups in total. The van der Waals surface area contributed by atoms with Crippen molar-refractivity contribution in [2.24, 2.45) is 5.92 Å². The molecular weight excluding hydrogens is 212 g/mol. The van der Waals surface area contributed by atoms with Gasteiger partial charge in [0.05, 0.1) is 6.61 Å². The summed E-state index contributed by atoms with van der Waals surface area (Å²) in [5.74, 6) is 1.89. The number of ether oxygens (including phenoxy) is 1. The molecule has 1 aliphatic heterocycles. The highest BCUT2D eigenvalue weighted by atomic mass is 16.5. The van der Waals surface area contributed by atoms with Gasteiger partial charge in [0.2, 0.25) is 0 Å². The number of para-hydroxylation sites is 1. The highest BCUT2D eigenvalue weighted by Crippen LogP contribution is 2.33. The molecule has 0 atom stereocenters. The van der Waals surface area contributed by atoms with E-state index in [1.54, 1.807) is 0 Å². The lowest BCUT2D eigenvalue weighted by Crippen LogP contribution is -2.11. The number of aryl methyl sites for hydroxylation is 2. The molecule has 1 aromatic rings. The first kappa shape index (κ1) is 10.8. The van der Waals surface area contributed by atoms with E-state index in [1.165, 1.54) is 11.1 Å². The summed E-state index contributed by atoms with van der Waals surface area (Å²) in [7, 11) is 0. The van der Waals surface area contributed by atoms with E-state index in [0.717, 1.165) is 44.5 Å². The molecule has 0 radical (unpaired) electrons. The lowest BCUT2D eigenvalue weighted by molar-refractivity contribution is -0.120. The largest absolute Gasteiger partial charge is 0.493 e. The number of Topliss-reactive ketones (excluding diaryl/α,β-unsaturated/α-hetero) is 1. The van der Waals surface area contributed by atoms with Crippen molar-refractivity contribution < 1.29 is 9.53 Å². The molecule has 1 saturated carbocycles. The lowest BCUT2D eigenvalue weighted by Gasteiger charge is -2.20. The molecule has 1 aliphatic carbocycles. The van der Waals surface area contributed by atoms with Crippen LogP contribution in [-0.4, -0.2) is 12.4 Å². The molecule has 2 heteroatoms. The van der Waals surface area contributed by atoms with Crippen LogP contribution in [0.3, 0.4) is 0 Å². The first-order valence-electron chi connectivity index (χ1n) is 6.61. The van der Waals surface area contributed by atoms with Gasteiger partial charge >= 0.3 is 0 Å². The van der Waals surface area contributed by atoms with Gasteiger partial charge < -0.3 is 4.74 Å². The van der Waals surface area contributed by atoms with Crippen LogP contribution in [0, 0.1) is 5.92 Å². The van der Waals surface area contributed by atoms with E-state index in [2.05, 4.69) is 18.2 Å². The maximum absolute atomic E-state index is 11.7. The van der Waals surface area contributed by atoms with Crippen molar-refractivity contribution >= 4 is 5.78 Å². The average Bonchev–Trinajstić information content (AvgIpc) is 3.20. The van der Waals surface area contributed by atoms with Crippen molar-refractivity contribution in [2.45, 2.75) is 38.5 Å². The van der Waals surface area contributed by atoms with Gasteiger partial charge in [0.1, 0.15) is 11.5 Å². The maximum Gasteiger partial charge on any atom is 0.136 e. The molecule has 0 aromatic heterocycles. The summed E-state index contributed by atoms with van der Waals surface area (Å²) in [5, 5.41) is 0. The van der Waals surface area contributed by atoms with Gasteiger partial charge in [-0.1, -0.05) is 18.2 Å². The van der Waals surface area contributed by atoms with Crippen molar-refractivity contribution in [1.29, 1.82) is 0 Å². The summed E-state index contributed by atoms with van der Waals surface area (Å²) < 4.78 is 5.75. The van der Waals surface area contributed by atoms with Gasteiger partial charge in [-0.25, -0.2) is 0 Å². The predicted molar refractivity (Wildman–Crippen MR) is 66.3 cm³/mol. The van der Waals surface area contributed by atoms with Crippen LogP contribution in [0.25, 0.3) is 0 Å². The normalized spacial score (nSPS) is 18.4. The second kappa shape index (κ2) is 4.52. The Morgan fingerprint density at radius 2 is 2.24 bits per heavy atom. The van der Waals surface area contributed by atoms with Gasteiger partial charge in [-0.05, 0) is 43.2 Å². The number of carbonyl (C=O) groups excluding carboxylic acids is 1. The minimum absolute atomic E-state index is 0.385. The SMILES string of the molecule is O=C(CCc1cccc2c1OCCC2)C1CC1. The number of fused-ring (bicyclic) bond motifs is 1. The molecule has 0 spiro atoms. The fourth-order valence-electron chi connectivity index (χ4n) is 2.52. The van der Waals surface area contributed by atoms with E-state index < -0.39 is 0 Å². The Morgan fingerprint density at radius 3 is 3.06 bits per heavy atom. The smallest absolute Gasteiger partial charge is 0.136 e. The van der Waals surface area contributed by atoms with Crippen molar-refractivity contribution in [3.8, 4) is 5.75 Å². The van der Waals surface area contributed by atoms with Gasteiger partial charge in [-0.3, -0.25) is 4.79 Å². The zero-order chi connectivity index (χ0) is 11.7. The summed E-state index contributed by atoms with van der Waals surface area (Å²) in [4.78, 5) is 11.7. The summed E-state index contributed by atoms with van der Waals surface area (Å²) in [6.07, 6.45) is 5.98. The summed E-state index contributed by atoms with van der Waals surface area (Å²) >= 11 is 0.